The average molecular weight is 628 g/mol. The van der Waals surface area contributed by atoms with E-state index in [1.54, 1.807) is 42.5 Å². The van der Waals surface area contributed by atoms with E-state index in [1.807, 2.05) is 84.6 Å². The first kappa shape index (κ1) is 33.5. The highest BCUT2D eigenvalue weighted by atomic mass is 32.2. The fourth-order valence-corrected chi connectivity index (χ4v) is 5.97. The van der Waals surface area contributed by atoms with Crippen LogP contribution in [0.1, 0.15) is 41.5 Å². The van der Waals surface area contributed by atoms with Crippen LogP contribution in [0.4, 0.5) is 5.69 Å². The number of carbonyl (C=O) groups is 1. The molecule has 0 saturated heterocycles. The maximum atomic E-state index is 12.9. The second kappa shape index (κ2) is 16.6. The SMILES string of the molecule is Cc1ccc(S(=O)(=O)Nc2cccc(/C=C/CN(Cc3cccc(OCc4ccccc4)c3)[C@@H](CCCCN)C(=O)O)c2)cc1. The Morgan fingerprint density at radius 1 is 0.933 bits per heavy atom. The van der Waals surface area contributed by atoms with Gasteiger partial charge in [-0.1, -0.05) is 90.9 Å². The molecule has 4 rings (SSSR count). The van der Waals surface area contributed by atoms with Crippen LogP contribution in [0.2, 0.25) is 0 Å². The molecule has 0 spiro atoms. The van der Waals surface area contributed by atoms with Crippen molar-refractivity contribution in [3.63, 3.8) is 0 Å². The molecule has 45 heavy (non-hydrogen) atoms. The predicted octanol–water partition coefficient (Wildman–Crippen LogP) is 6.47. The van der Waals surface area contributed by atoms with E-state index in [9.17, 15) is 18.3 Å². The van der Waals surface area contributed by atoms with E-state index >= 15 is 0 Å². The monoisotopic (exact) mass is 627 g/mol. The molecule has 0 aliphatic rings. The van der Waals surface area contributed by atoms with Gasteiger partial charge in [-0.05, 0) is 79.4 Å². The lowest BCUT2D eigenvalue weighted by atomic mass is 10.1. The maximum Gasteiger partial charge on any atom is 0.320 e. The fraction of sp³-hybridized carbons (Fsp3) is 0.250. The molecule has 4 aromatic rings. The van der Waals surface area contributed by atoms with Crippen molar-refractivity contribution >= 4 is 27.8 Å². The highest BCUT2D eigenvalue weighted by Crippen LogP contribution is 2.21. The summed E-state index contributed by atoms with van der Waals surface area (Å²) in [5.74, 6) is -0.170. The van der Waals surface area contributed by atoms with E-state index in [-0.39, 0.29) is 4.90 Å². The molecular formula is C36H41N3O5S. The van der Waals surface area contributed by atoms with Gasteiger partial charge in [-0.15, -0.1) is 0 Å². The highest BCUT2D eigenvalue weighted by Gasteiger charge is 2.24. The number of carboxylic acids is 1. The number of anilines is 1. The molecule has 0 fully saturated rings. The number of unbranched alkanes of at least 4 members (excludes halogenated alkanes) is 1. The molecule has 9 heteroatoms. The van der Waals surface area contributed by atoms with Gasteiger partial charge in [0.2, 0.25) is 0 Å². The Labute approximate surface area is 266 Å². The van der Waals surface area contributed by atoms with Gasteiger partial charge in [0.25, 0.3) is 10.0 Å². The number of hydrogen-bond acceptors (Lipinski definition) is 6. The minimum Gasteiger partial charge on any atom is -0.489 e. The van der Waals surface area contributed by atoms with Crippen LogP contribution in [0.5, 0.6) is 5.75 Å². The van der Waals surface area contributed by atoms with Gasteiger partial charge in [0.15, 0.2) is 0 Å². The first-order valence-electron chi connectivity index (χ1n) is 15.0. The number of ether oxygens (including phenoxy) is 1. The second-order valence-electron chi connectivity index (χ2n) is 10.9. The Hall–Kier alpha value is -4.44. The molecule has 4 aromatic carbocycles. The minimum absolute atomic E-state index is 0.188. The summed E-state index contributed by atoms with van der Waals surface area (Å²) in [4.78, 5) is 14.5. The molecule has 1 atom stereocenters. The number of aliphatic carboxylic acids is 1. The molecule has 0 aliphatic carbocycles. The number of nitrogens with one attached hydrogen (secondary N) is 1. The van der Waals surface area contributed by atoms with Crippen molar-refractivity contribution in [2.75, 3.05) is 17.8 Å². The summed E-state index contributed by atoms with van der Waals surface area (Å²) in [6.07, 6.45) is 5.70. The molecule has 0 unspecified atom stereocenters. The highest BCUT2D eigenvalue weighted by molar-refractivity contribution is 7.92. The Morgan fingerprint density at radius 2 is 1.67 bits per heavy atom. The van der Waals surface area contributed by atoms with Gasteiger partial charge < -0.3 is 15.6 Å². The molecule has 0 heterocycles. The molecule has 0 bridgehead atoms. The molecule has 0 radical (unpaired) electrons. The van der Waals surface area contributed by atoms with Crippen LogP contribution in [0.25, 0.3) is 6.08 Å². The molecule has 0 amide bonds. The second-order valence-corrected chi connectivity index (χ2v) is 12.6. The lowest BCUT2D eigenvalue weighted by Gasteiger charge is -2.28. The third-order valence-corrected chi connectivity index (χ3v) is 8.71. The predicted molar refractivity (Wildman–Crippen MR) is 179 cm³/mol. The largest absolute Gasteiger partial charge is 0.489 e. The minimum atomic E-state index is -3.74. The number of nitrogens with zero attached hydrogens (tertiary/aromatic N) is 1. The molecule has 4 N–H and O–H groups in total. The van der Waals surface area contributed by atoms with E-state index in [1.165, 1.54) is 0 Å². The molecule has 236 valence electrons. The van der Waals surface area contributed by atoms with Gasteiger partial charge in [-0.3, -0.25) is 14.4 Å². The van der Waals surface area contributed by atoms with Crippen LogP contribution in [-0.4, -0.2) is 43.5 Å². The zero-order valence-electron chi connectivity index (χ0n) is 25.5. The van der Waals surface area contributed by atoms with Crippen molar-refractivity contribution in [1.82, 2.24) is 4.90 Å². The Balaban J connectivity index is 1.48. The number of aryl methyl sites for hydroxylation is 1. The third-order valence-electron chi connectivity index (χ3n) is 7.31. The van der Waals surface area contributed by atoms with Crippen molar-refractivity contribution < 1.29 is 23.1 Å². The smallest absolute Gasteiger partial charge is 0.320 e. The van der Waals surface area contributed by atoms with Crippen LogP contribution in [0, 0.1) is 6.92 Å². The van der Waals surface area contributed by atoms with Crippen LogP contribution in [-0.2, 0) is 28.0 Å². The van der Waals surface area contributed by atoms with Gasteiger partial charge in [0, 0.05) is 18.8 Å². The lowest BCUT2D eigenvalue weighted by molar-refractivity contribution is -0.143. The topological polar surface area (TPSA) is 122 Å². The van der Waals surface area contributed by atoms with E-state index in [0.29, 0.717) is 50.5 Å². The normalized spacial score (nSPS) is 12.3. The van der Waals surface area contributed by atoms with Crippen molar-refractivity contribution in [1.29, 1.82) is 0 Å². The summed E-state index contributed by atoms with van der Waals surface area (Å²) in [5.41, 5.74) is 9.88. The van der Waals surface area contributed by atoms with Gasteiger partial charge in [0.1, 0.15) is 18.4 Å². The molecule has 0 saturated carbocycles. The quantitative estimate of drug-likeness (QED) is 0.115. The average Bonchev–Trinajstić information content (AvgIpc) is 3.02. The van der Waals surface area contributed by atoms with Gasteiger partial charge >= 0.3 is 5.97 Å². The van der Waals surface area contributed by atoms with E-state index < -0.39 is 22.0 Å². The Bertz CT molecular complexity index is 1660. The molecular weight excluding hydrogens is 586 g/mol. The summed E-state index contributed by atoms with van der Waals surface area (Å²) in [6.45, 7) is 3.63. The first-order chi connectivity index (χ1) is 21.7. The van der Waals surface area contributed by atoms with Crippen LogP contribution >= 0.6 is 0 Å². The number of hydrogen-bond donors (Lipinski definition) is 3. The van der Waals surface area contributed by atoms with Crippen molar-refractivity contribution in [3.8, 4) is 5.75 Å². The Kier molecular flexibility index (Phi) is 12.3. The zero-order chi connectivity index (χ0) is 32.1. The maximum absolute atomic E-state index is 12.9. The number of carboxylic acid groups (broad SMARTS) is 1. The number of benzene rings is 4. The summed E-state index contributed by atoms with van der Waals surface area (Å²) >= 11 is 0. The van der Waals surface area contributed by atoms with E-state index in [4.69, 9.17) is 10.5 Å². The first-order valence-corrected chi connectivity index (χ1v) is 16.5. The summed E-state index contributed by atoms with van der Waals surface area (Å²) in [5, 5.41) is 10.2. The Morgan fingerprint density at radius 3 is 2.40 bits per heavy atom. The number of rotatable bonds is 17. The van der Waals surface area contributed by atoms with E-state index in [2.05, 4.69) is 4.72 Å². The zero-order valence-corrected chi connectivity index (χ0v) is 26.3. The van der Waals surface area contributed by atoms with Crippen LogP contribution in [0.15, 0.2) is 114 Å². The summed E-state index contributed by atoms with van der Waals surface area (Å²) in [7, 11) is -3.74. The van der Waals surface area contributed by atoms with Crippen LogP contribution in [0.3, 0.4) is 0 Å². The molecule has 0 aliphatic heterocycles. The lowest BCUT2D eigenvalue weighted by Crippen LogP contribution is -2.41. The molecule has 8 nitrogen and oxygen atoms in total. The van der Waals surface area contributed by atoms with Crippen molar-refractivity contribution in [3.05, 3.63) is 131 Å². The molecule has 0 aromatic heterocycles. The fourth-order valence-electron chi connectivity index (χ4n) is 4.92. The van der Waals surface area contributed by atoms with Gasteiger partial charge in [-0.2, -0.15) is 0 Å². The standard InChI is InChI=1S/C36H41N3O5S/c1-28-18-20-34(21-19-28)45(42,43)38-32-15-7-12-29(24-32)14-9-23-39(35(36(40)41)17-5-6-22-37)26-31-13-8-16-33(25-31)44-27-30-10-3-2-4-11-30/h2-4,7-16,18-21,24-25,35,38H,5-6,17,22-23,26-27,37H2,1H3,(H,40,41)/b14-9+/t35-/m0/s1. The number of nitrogens with two attached hydrogens (primary N) is 1. The van der Waals surface area contributed by atoms with E-state index in [0.717, 1.165) is 28.7 Å². The third kappa shape index (κ3) is 10.6. The van der Waals surface area contributed by atoms with Crippen molar-refractivity contribution in [2.24, 2.45) is 5.73 Å². The summed E-state index contributed by atoms with van der Waals surface area (Å²) < 4.78 is 34.4. The van der Waals surface area contributed by atoms with Gasteiger partial charge in [-0.25, -0.2) is 8.42 Å². The van der Waals surface area contributed by atoms with Gasteiger partial charge in [0.05, 0.1) is 4.90 Å². The van der Waals surface area contributed by atoms with Crippen molar-refractivity contribution in [2.45, 2.75) is 50.3 Å². The number of sulfonamides is 1. The summed E-state index contributed by atoms with van der Waals surface area (Å²) in [6, 6.07) is 30.7. The van der Waals surface area contributed by atoms with Crippen LogP contribution < -0.4 is 15.2 Å².